The summed E-state index contributed by atoms with van der Waals surface area (Å²) in [6, 6.07) is 16.8. The molecule has 37 heavy (non-hydrogen) atoms. The van der Waals surface area contributed by atoms with Crippen molar-refractivity contribution in [2.24, 2.45) is 0 Å². The van der Waals surface area contributed by atoms with Gasteiger partial charge in [0.25, 0.3) is 11.5 Å². The second-order valence-corrected chi connectivity index (χ2v) is 10.9. The number of hydrogen-bond donors (Lipinski definition) is 1. The maximum atomic E-state index is 13.0. The lowest BCUT2D eigenvalue weighted by molar-refractivity contribution is 0.0950. The standard InChI is InChI=1S/C27H27N5O4S/c33-26(21-10-12-22(13-11-21)37(35,36)31-15-4-1-5-16-31)29-18-25-23-8-2-3-9-24(23)27(34)32(30-25)19-20-7-6-14-28-17-20/h2-3,6-14,17H,1,4-5,15-16,18-19H2,(H,29,33). The number of rotatable bonds is 7. The van der Waals surface area contributed by atoms with Crippen LogP contribution in [-0.4, -0.2) is 46.5 Å². The molecule has 1 saturated heterocycles. The Kier molecular flexibility index (Phi) is 7.11. The molecular formula is C27H27N5O4S. The Hall–Kier alpha value is -3.89. The molecule has 1 aliphatic rings. The molecule has 1 N–H and O–H groups in total. The molecule has 0 saturated carbocycles. The number of carbonyl (C=O) groups excluding carboxylic acids is 1. The van der Waals surface area contributed by atoms with E-state index in [4.69, 9.17) is 0 Å². The number of benzene rings is 2. The van der Waals surface area contributed by atoms with Crippen LogP contribution < -0.4 is 10.9 Å². The first kappa shape index (κ1) is 24.8. The van der Waals surface area contributed by atoms with E-state index in [1.807, 2.05) is 12.1 Å². The normalized spacial score (nSPS) is 14.5. The van der Waals surface area contributed by atoms with Crippen molar-refractivity contribution in [2.45, 2.75) is 37.2 Å². The van der Waals surface area contributed by atoms with E-state index in [0.29, 0.717) is 35.1 Å². The van der Waals surface area contributed by atoms with Crippen molar-refractivity contribution in [1.82, 2.24) is 24.4 Å². The summed E-state index contributed by atoms with van der Waals surface area (Å²) in [7, 11) is -3.56. The summed E-state index contributed by atoms with van der Waals surface area (Å²) >= 11 is 0. The summed E-state index contributed by atoms with van der Waals surface area (Å²) in [6.45, 7) is 1.40. The summed E-state index contributed by atoms with van der Waals surface area (Å²) in [5.41, 5.74) is 1.50. The predicted octanol–water partition coefficient (Wildman–Crippen LogP) is 2.94. The third-order valence-corrected chi connectivity index (χ3v) is 8.40. The number of sulfonamides is 1. The molecule has 10 heteroatoms. The van der Waals surface area contributed by atoms with E-state index in [2.05, 4.69) is 15.4 Å². The Bertz CT molecular complexity index is 1580. The lowest BCUT2D eigenvalue weighted by atomic mass is 10.1. The minimum absolute atomic E-state index is 0.0977. The van der Waals surface area contributed by atoms with Crippen molar-refractivity contribution in [2.75, 3.05) is 13.1 Å². The van der Waals surface area contributed by atoms with Crippen LogP contribution in [-0.2, 0) is 23.1 Å². The Labute approximate surface area is 214 Å². The molecule has 1 fully saturated rings. The molecular weight excluding hydrogens is 490 g/mol. The summed E-state index contributed by atoms with van der Waals surface area (Å²) in [5.74, 6) is -0.363. The Balaban J connectivity index is 1.35. The molecule has 3 heterocycles. The van der Waals surface area contributed by atoms with Gasteiger partial charge in [-0.25, -0.2) is 13.1 Å². The van der Waals surface area contributed by atoms with Crippen LogP contribution in [0.4, 0.5) is 0 Å². The fourth-order valence-corrected chi connectivity index (χ4v) is 6.02. The first-order valence-electron chi connectivity index (χ1n) is 12.2. The molecule has 0 unspecified atom stereocenters. The van der Waals surface area contributed by atoms with Crippen LogP contribution in [0.15, 0.2) is 82.7 Å². The number of nitrogens with one attached hydrogen (secondary N) is 1. The van der Waals surface area contributed by atoms with Crippen molar-refractivity contribution < 1.29 is 13.2 Å². The van der Waals surface area contributed by atoms with E-state index >= 15 is 0 Å². The maximum Gasteiger partial charge on any atom is 0.274 e. The molecule has 0 bridgehead atoms. The minimum Gasteiger partial charge on any atom is -0.346 e. The number of carbonyl (C=O) groups is 1. The Morgan fingerprint density at radius 1 is 0.919 bits per heavy atom. The number of piperidine rings is 1. The first-order chi connectivity index (χ1) is 17.9. The van der Waals surface area contributed by atoms with Gasteiger partial charge < -0.3 is 5.32 Å². The van der Waals surface area contributed by atoms with Crippen LogP contribution in [0.1, 0.15) is 40.9 Å². The maximum absolute atomic E-state index is 13.0. The van der Waals surface area contributed by atoms with Gasteiger partial charge in [-0.2, -0.15) is 9.40 Å². The van der Waals surface area contributed by atoms with Gasteiger partial charge >= 0.3 is 0 Å². The van der Waals surface area contributed by atoms with E-state index in [1.54, 1.807) is 36.7 Å². The first-order valence-corrected chi connectivity index (χ1v) is 13.6. The molecule has 0 aliphatic carbocycles. The SMILES string of the molecule is O=C(NCc1nn(Cc2cccnc2)c(=O)c2ccccc12)c1ccc(S(=O)(=O)N2CCCCC2)cc1. The number of pyridine rings is 1. The molecule has 1 aliphatic heterocycles. The van der Waals surface area contributed by atoms with E-state index < -0.39 is 10.0 Å². The van der Waals surface area contributed by atoms with Gasteiger partial charge in [-0.1, -0.05) is 30.7 Å². The average molecular weight is 518 g/mol. The highest BCUT2D eigenvalue weighted by atomic mass is 32.2. The van der Waals surface area contributed by atoms with Crippen molar-refractivity contribution >= 4 is 26.7 Å². The number of fused-ring (bicyclic) bond motifs is 1. The van der Waals surface area contributed by atoms with Crippen molar-refractivity contribution in [3.8, 4) is 0 Å². The molecule has 5 rings (SSSR count). The van der Waals surface area contributed by atoms with Gasteiger partial charge in [0.1, 0.15) is 0 Å². The van der Waals surface area contributed by atoms with Crippen LogP contribution in [0.2, 0.25) is 0 Å². The summed E-state index contributed by atoms with van der Waals surface area (Å²) < 4.78 is 28.6. The van der Waals surface area contributed by atoms with Gasteiger partial charge in [-0.15, -0.1) is 0 Å². The molecule has 2 aromatic heterocycles. The van der Waals surface area contributed by atoms with Gasteiger partial charge in [0.05, 0.1) is 29.1 Å². The topological polar surface area (TPSA) is 114 Å². The molecule has 0 spiro atoms. The fraction of sp³-hybridized carbons (Fsp3) is 0.259. The van der Waals surface area contributed by atoms with Gasteiger partial charge in [0.15, 0.2) is 0 Å². The minimum atomic E-state index is -3.56. The highest BCUT2D eigenvalue weighted by Gasteiger charge is 2.26. The van der Waals surface area contributed by atoms with Gasteiger partial charge in [0.2, 0.25) is 10.0 Å². The molecule has 0 atom stereocenters. The smallest absolute Gasteiger partial charge is 0.274 e. The highest BCUT2D eigenvalue weighted by molar-refractivity contribution is 7.89. The molecule has 190 valence electrons. The van der Waals surface area contributed by atoms with E-state index in [1.165, 1.54) is 33.3 Å². The number of aromatic nitrogens is 3. The second-order valence-electron chi connectivity index (χ2n) is 8.99. The van der Waals surface area contributed by atoms with Crippen molar-refractivity contribution in [3.63, 3.8) is 0 Å². The summed E-state index contributed by atoms with van der Waals surface area (Å²) in [4.78, 5) is 30.2. The molecule has 0 radical (unpaired) electrons. The molecule has 1 amide bonds. The molecule has 2 aromatic carbocycles. The van der Waals surface area contributed by atoms with Crippen LogP contribution in [0.3, 0.4) is 0 Å². The third kappa shape index (κ3) is 5.30. The predicted molar refractivity (Wildman–Crippen MR) is 140 cm³/mol. The van der Waals surface area contributed by atoms with Crippen LogP contribution >= 0.6 is 0 Å². The average Bonchev–Trinajstić information content (AvgIpc) is 2.95. The van der Waals surface area contributed by atoms with Gasteiger partial charge in [0, 0.05) is 36.4 Å². The quantitative estimate of drug-likeness (QED) is 0.403. The number of amides is 1. The third-order valence-electron chi connectivity index (χ3n) is 6.49. The van der Waals surface area contributed by atoms with Crippen LogP contribution in [0.5, 0.6) is 0 Å². The Morgan fingerprint density at radius 3 is 2.35 bits per heavy atom. The van der Waals surface area contributed by atoms with E-state index in [0.717, 1.165) is 24.8 Å². The van der Waals surface area contributed by atoms with Crippen LogP contribution in [0, 0.1) is 0 Å². The van der Waals surface area contributed by atoms with Gasteiger partial charge in [-0.05, 0) is 54.8 Å². The Morgan fingerprint density at radius 2 is 1.65 bits per heavy atom. The molecule has 9 nitrogen and oxygen atoms in total. The van der Waals surface area contributed by atoms with E-state index in [-0.39, 0.29) is 29.5 Å². The molecule has 4 aromatic rings. The van der Waals surface area contributed by atoms with Crippen LogP contribution in [0.25, 0.3) is 10.8 Å². The lowest BCUT2D eigenvalue weighted by Gasteiger charge is -2.25. The zero-order chi connectivity index (χ0) is 25.8. The van der Waals surface area contributed by atoms with Crippen molar-refractivity contribution in [3.05, 3.63) is 100 Å². The fourth-order valence-electron chi connectivity index (χ4n) is 4.51. The monoisotopic (exact) mass is 517 g/mol. The van der Waals surface area contributed by atoms with Gasteiger partial charge in [-0.3, -0.25) is 14.6 Å². The zero-order valence-electron chi connectivity index (χ0n) is 20.2. The summed E-state index contributed by atoms with van der Waals surface area (Å²) in [5, 5.41) is 8.56. The highest BCUT2D eigenvalue weighted by Crippen LogP contribution is 2.21. The summed E-state index contributed by atoms with van der Waals surface area (Å²) in [6.07, 6.45) is 6.10. The lowest BCUT2D eigenvalue weighted by Crippen LogP contribution is -2.35. The van der Waals surface area contributed by atoms with E-state index in [9.17, 15) is 18.0 Å². The largest absolute Gasteiger partial charge is 0.346 e. The zero-order valence-corrected chi connectivity index (χ0v) is 21.0. The van der Waals surface area contributed by atoms with Crippen molar-refractivity contribution in [1.29, 1.82) is 0 Å². The number of hydrogen-bond acceptors (Lipinski definition) is 6. The second kappa shape index (κ2) is 10.6. The number of nitrogens with zero attached hydrogens (tertiary/aromatic N) is 4.